The normalized spacial score (nSPS) is 13.1. The molecule has 0 aliphatic rings. The quantitative estimate of drug-likeness (QED) is 0.618. The topological polar surface area (TPSA) is 60.4 Å². The van der Waals surface area contributed by atoms with E-state index in [2.05, 4.69) is 4.74 Å². The molecule has 1 rings (SSSR count). The predicted octanol–water partition coefficient (Wildman–Crippen LogP) is 1.74. The lowest BCUT2D eigenvalue weighted by Crippen LogP contribution is -2.14. The molecule has 0 radical (unpaired) electrons. The van der Waals surface area contributed by atoms with Gasteiger partial charge in [-0.3, -0.25) is 4.79 Å². The third-order valence-corrected chi connectivity index (χ3v) is 4.32. The van der Waals surface area contributed by atoms with Crippen LogP contribution in [0.2, 0.25) is 0 Å². The van der Waals surface area contributed by atoms with E-state index in [1.54, 1.807) is 19.1 Å². The van der Waals surface area contributed by atoms with E-state index < -0.39 is 9.84 Å². The average Bonchev–Trinajstić information content (AvgIpc) is 2.27. The molecule has 1 atom stereocenters. The zero-order chi connectivity index (χ0) is 13.1. The van der Waals surface area contributed by atoms with Crippen LogP contribution in [0.1, 0.15) is 6.92 Å². The van der Waals surface area contributed by atoms with Gasteiger partial charge in [0.2, 0.25) is 0 Å². The molecule has 0 amide bonds. The van der Waals surface area contributed by atoms with Crippen molar-refractivity contribution in [2.45, 2.75) is 22.0 Å². The van der Waals surface area contributed by atoms with Gasteiger partial charge in [0.1, 0.15) is 5.25 Å². The first-order valence-corrected chi connectivity index (χ1v) is 7.66. The summed E-state index contributed by atoms with van der Waals surface area (Å²) in [5, 5.41) is -0.316. The maximum atomic E-state index is 11.2. The molecule has 6 heteroatoms. The molecular formula is C11H14O4S2. The molecule has 4 nitrogen and oxygen atoms in total. The van der Waals surface area contributed by atoms with Gasteiger partial charge in [0.05, 0.1) is 12.0 Å². The summed E-state index contributed by atoms with van der Waals surface area (Å²) in [6.45, 7) is 1.74. The number of esters is 1. The number of carbonyl (C=O) groups is 1. The fourth-order valence-electron chi connectivity index (χ4n) is 1.18. The number of hydrogen-bond acceptors (Lipinski definition) is 5. The van der Waals surface area contributed by atoms with Crippen LogP contribution in [0.5, 0.6) is 0 Å². The van der Waals surface area contributed by atoms with Crippen molar-refractivity contribution in [2.24, 2.45) is 0 Å². The van der Waals surface area contributed by atoms with Gasteiger partial charge in [0.15, 0.2) is 9.84 Å². The Labute approximate surface area is 105 Å². The molecule has 0 N–H and O–H groups in total. The number of rotatable bonds is 4. The molecule has 0 saturated heterocycles. The van der Waals surface area contributed by atoms with Crippen molar-refractivity contribution in [3.8, 4) is 0 Å². The van der Waals surface area contributed by atoms with E-state index in [0.29, 0.717) is 0 Å². The fourth-order valence-corrected chi connectivity index (χ4v) is 2.71. The molecule has 0 heterocycles. The number of ether oxygens (including phenoxy) is 1. The fraction of sp³-hybridized carbons (Fsp3) is 0.364. The minimum Gasteiger partial charge on any atom is -0.468 e. The van der Waals surface area contributed by atoms with Crippen LogP contribution in [-0.4, -0.2) is 33.0 Å². The van der Waals surface area contributed by atoms with Gasteiger partial charge >= 0.3 is 5.97 Å². The highest BCUT2D eigenvalue weighted by Crippen LogP contribution is 2.25. The molecule has 1 aromatic rings. The van der Waals surface area contributed by atoms with Crippen molar-refractivity contribution in [2.75, 3.05) is 13.4 Å². The van der Waals surface area contributed by atoms with Crippen molar-refractivity contribution < 1.29 is 17.9 Å². The maximum Gasteiger partial charge on any atom is 0.318 e. The van der Waals surface area contributed by atoms with E-state index in [4.69, 9.17) is 0 Å². The average molecular weight is 274 g/mol. The molecule has 0 bridgehead atoms. The summed E-state index contributed by atoms with van der Waals surface area (Å²) in [6.07, 6.45) is 1.16. The molecule has 0 aliphatic heterocycles. The molecule has 0 saturated carbocycles. The van der Waals surface area contributed by atoms with Crippen LogP contribution in [0.3, 0.4) is 0 Å². The number of thioether (sulfide) groups is 1. The van der Waals surface area contributed by atoms with Gasteiger partial charge in [-0.1, -0.05) is 0 Å². The van der Waals surface area contributed by atoms with E-state index >= 15 is 0 Å². The van der Waals surface area contributed by atoms with Gasteiger partial charge in [-0.15, -0.1) is 11.8 Å². The number of methoxy groups -OCH3 is 1. The minimum absolute atomic E-state index is 0.271. The van der Waals surface area contributed by atoms with E-state index in [1.165, 1.54) is 31.0 Å². The van der Waals surface area contributed by atoms with Crippen LogP contribution >= 0.6 is 11.8 Å². The third-order valence-electron chi connectivity index (χ3n) is 2.10. The van der Waals surface area contributed by atoms with Crippen LogP contribution < -0.4 is 0 Å². The monoisotopic (exact) mass is 274 g/mol. The number of sulfone groups is 1. The van der Waals surface area contributed by atoms with Crippen LogP contribution in [-0.2, 0) is 19.4 Å². The van der Waals surface area contributed by atoms with Gasteiger partial charge in [-0.25, -0.2) is 8.42 Å². The lowest BCUT2D eigenvalue weighted by atomic mass is 10.4. The first-order valence-electron chi connectivity index (χ1n) is 4.89. The Morgan fingerprint density at radius 3 is 2.24 bits per heavy atom. The molecule has 1 aromatic carbocycles. The Morgan fingerprint density at radius 1 is 1.29 bits per heavy atom. The van der Waals surface area contributed by atoms with Gasteiger partial charge in [-0.2, -0.15) is 0 Å². The maximum absolute atomic E-state index is 11.2. The molecule has 0 aromatic heterocycles. The highest BCUT2D eigenvalue weighted by Gasteiger charge is 2.14. The summed E-state index contributed by atoms with van der Waals surface area (Å²) in [5.41, 5.74) is 0. The first kappa shape index (κ1) is 14.1. The van der Waals surface area contributed by atoms with Gasteiger partial charge in [-0.05, 0) is 31.2 Å². The summed E-state index contributed by atoms with van der Waals surface area (Å²) in [5.74, 6) is -0.304. The molecule has 0 fully saturated rings. The summed E-state index contributed by atoms with van der Waals surface area (Å²) in [7, 11) is -1.83. The highest BCUT2D eigenvalue weighted by molar-refractivity contribution is 8.00. The highest BCUT2D eigenvalue weighted by atomic mass is 32.2. The lowest BCUT2D eigenvalue weighted by molar-refractivity contribution is -0.139. The molecule has 17 heavy (non-hydrogen) atoms. The zero-order valence-electron chi connectivity index (χ0n) is 9.84. The van der Waals surface area contributed by atoms with Crippen molar-refractivity contribution >= 4 is 27.6 Å². The zero-order valence-corrected chi connectivity index (χ0v) is 11.5. The van der Waals surface area contributed by atoms with E-state index in [1.807, 2.05) is 0 Å². The van der Waals surface area contributed by atoms with Crippen molar-refractivity contribution in [1.29, 1.82) is 0 Å². The number of carbonyl (C=O) groups excluding carboxylic acids is 1. The van der Waals surface area contributed by atoms with E-state index in [0.717, 1.165) is 11.2 Å². The van der Waals surface area contributed by atoms with E-state index in [-0.39, 0.29) is 16.1 Å². The Bertz CT molecular complexity index is 491. The van der Waals surface area contributed by atoms with Crippen molar-refractivity contribution in [3.63, 3.8) is 0 Å². The minimum atomic E-state index is -3.17. The first-order chi connectivity index (χ1) is 7.84. The Morgan fingerprint density at radius 2 is 1.82 bits per heavy atom. The van der Waals surface area contributed by atoms with Crippen LogP contribution in [0.4, 0.5) is 0 Å². The van der Waals surface area contributed by atoms with Crippen molar-refractivity contribution in [1.82, 2.24) is 0 Å². The summed E-state index contributed by atoms with van der Waals surface area (Å²) in [4.78, 5) is 12.3. The van der Waals surface area contributed by atoms with E-state index in [9.17, 15) is 13.2 Å². The largest absolute Gasteiger partial charge is 0.468 e. The summed E-state index contributed by atoms with van der Waals surface area (Å²) >= 11 is 1.33. The van der Waals surface area contributed by atoms with Gasteiger partial charge in [0, 0.05) is 11.2 Å². The second-order valence-electron chi connectivity index (χ2n) is 3.53. The molecule has 94 valence electrons. The van der Waals surface area contributed by atoms with Gasteiger partial charge in [0.25, 0.3) is 0 Å². The molecule has 0 spiro atoms. The Hall–Kier alpha value is -1.01. The molecular weight excluding hydrogens is 260 g/mol. The number of benzene rings is 1. The van der Waals surface area contributed by atoms with Gasteiger partial charge < -0.3 is 4.74 Å². The predicted molar refractivity (Wildman–Crippen MR) is 66.9 cm³/mol. The number of hydrogen-bond donors (Lipinski definition) is 0. The second kappa shape index (κ2) is 5.55. The smallest absolute Gasteiger partial charge is 0.318 e. The molecule has 1 unspecified atom stereocenters. The van der Waals surface area contributed by atoms with Crippen LogP contribution in [0, 0.1) is 0 Å². The Kier molecular flexibility index (Phi) is 4.59. The summed E-state index contributed by atoms with van der Waals surface area (Å²) in [6, 6.07) is 6.42. The third kappa shape index (κ3) is 4.05. The van der Waals surface area contributed by atoms with Crippen LogP contribution in [0.25, 0.3) is 0 Å². The lowest BCUT2D eigenvalue weighted by Gasteiger charge is -2.08. The molecule has 0 aliphatic carbocycles. The van der Waals surface area contributed by atoms with Crippen molar-refractivity contribution in [3.05, 3.63) is 24.3 Å². The summed E-state index contributed by atoms with van der Waals surface area (Å²) < 4.78 is 27.1. The SMILES string of the molecule is COC(=O)C(C)Sc1ccc(S(C)(=O)=O)cc1. The Balaban J connectivity index is 2.79. The standard InChI is InChI=1S/C11H14O4S2/c1-8(11(12)15-2)16-9-4-6-10(7-5-9)17(3,13)14/h4-8H,1-3H3. The second-order valence-corrected chi connectivity index (χ2v) is 6.96. The van der Waals surface area contributed by atoms with Crippen LogP contribution in [0.15, 0.2) is 34.1 Å².